The molecule has 0 aliphatic heterocycles. The predicted octanol–water partition coefficient (Wildman–Crippen LogP) is 2.65. The van der Waals surface area contributed by atoms with Crippen molar-refractivity contribution in [3.63, 3.8) is 0 Å². The van der Waals surface area contributed by atoms with Gasteiger partial charge in [-0.3, -0.25) is 9.48 Å². The Morgan fingerprint density at radius 1 is 1.33 bits per heavy atom. The number of fused-ring (bicyclic) bond motifs is 1. The summed E-state index contributed by atoms with van der Waals surface area (Å²) in [6.07, 6.45) is 3.76. The zero-order valence-electron chi connectivity index (χ0n) is 13.5. The highest BCUT2D eigenvalue weighted by Crippen LogP contribution is 2.13. The van der Waals surface area contributed by atoms with Gasteiger partial charge in [-0.15, -0.1) is 6.58 Å². The molecule has 0 bridgehead atoms. The van der Waals surface area contributed by atoms with E-state index in [1.165, 1.54) is 12.1 Å². The van der Waals surface area contributed by atoms with E-state index in [1.807, 2.05) is 17.8 Å². The summed E-state index contributed by atoms with van der Waals surface area (Å²) in [5.74, 6) is -0.365. The largest absolute Gasteiger partial charge is 0.322 e. The van der Waals surface area contributed by atoms with Gasteiger partial charge in [-0.05, 0) is 36.6 Å². The van der Waals surface area contributed by atoms with E-state index in [1.54, 1.807) is 18.2 Å². The van der Waals surface area contributed by atoms with E-state index in [0.29, 0.717) is 30.7 Å². The van der Waals surface area contributed by atoms with Crippen LogP contribution in [0.4, 0.5) is 4.39 Å². The van der Waals surface area contributed by atoms with Gasteiger partial charge in [-0.1, -0.05) is 6.08 Å². The van der Waals surface area contributed by atoms with Crippen molar-refractivity contribution in [2.24, 2.45) is 0 Å². The molecule has 0 saturated heterocycles. The molecule has 0 unspecified atom stereocenters. The number of pyridine rings is 1. The van der Waals surface area contributed by atoms with Crippen molar-refractivity contribution in [3.05, 3.63) is 76.1 Å². The summed E-state index contributed by atoms with van der Waals surface area (Å²) in [7, 11) is 0. The molecule has 2 N–H and O–H groups in total. The van der Waals surface area contributed by atoms with Gasteiger partial charge in [0.05, 0.1) is 17.8 Å². The second-order valence-electron chi connectivity index (χ2n) is 5.71. The van der Waals surface area contributed by atoms with Crippen molar-refractivity contribution in [1.82, 2.24) is 20.1 Å². The highest BCUT2D eigenvalue weighted by Gasteiger charge is 2.06. The molecule has 0 saturated carbocycles. The average molecular weight is 326 g/mol. The number of aromatic amines is 1. The first-order chi connectivity index (χ1) is 11.6. The zero-order chi connectivity index (χ0) is 17.1. The van der Waals surface area contributed by atoms with Gasteiger partial charge in [0.15, 0.2) is 0 Å². The Morgan fingerprint density at radius 3 is 2.92 bits per heavy atom. The molecule has 0 spiro atoms. The van der Waals surface area contributed by atoms with E-state index >= 15 is 0 Å². The van der Waals surface area contributed by atoms with Gasteiger partial charge in [0.25, 0.3) is 5.56 Å². The van der Waals surface area contributed by atoms with Crippen LogP contribution in [-0.2, 0) is 19.6 Å². The predicted molar refractivity (Wildman–Crippen MR) is 92.2 cm³/mol. The smallest absolute Gasteiger partial charge is 0.252 e. The maximum absolute atomic E-state index is 13.2. The summed E-state index contributed by atoms with van der Waals surface area (Å²) in [5.41, 5.74) is 2.94. The van der Waals surface area contributed by atoms with E-state index < -0.39 is 0 Å². The first-order valence-electron chi connectivity index (χ1n) is 7.73. The van der Waals surface area contributed by atoms with E-state index in [2.05, 4.69) is 22.0 Å². The summed E-state index contributed by atoms with van der Waals surface area (Å²) < 4.78 is 15.0. The monoisotopic (exact) mass is 326 g/mol. The fraction of sp³-hybridized carbons (Fsp3) is 0.222. The standard InChI is InChI=1S/C18H19FN4O/c1-3-6-23-11-15(12(2)22-23)10-20-9-14-7-13-4-5-16(19)8-17(13)21-18(14)24/h3-5,7-8,11,20H,1,6,9-10H2,2H3,(H,21,24). The molecule has 0 aliphatic rings. The van der Waals surface area contributed by atoms with Gasteiger partial charge in [0.2, 0.25) is 0 Å². The Morgan fingerprint density at radius 2 is 2.12 bits per heavy atom. The van der Waals surface area contributed by atoms with Crippen molar-refractivity contribution >= 4 is 10.9 Å². The maximum Gasteiger partial charge on any atom is 0.252 e. The number of aryl methyl sites for hydroxylation is 1. The number of rotatable bonds is 6. The van der Waals surface area contributed by atoms with Crippen molar-refractivity contribution in [1.29, 1.82) is 0 Å². The summed E-state index contributed by atoms with van der Waals surface area (Å²) in [4.78, 5) is 14.8. The van der Waals surface area contributed by atoms with Crippen LogP contribution in [0, 0.1) is 12.7 Å². The SMILES string of the molecule is C=CCn1cc(CNCc2cc3ccc(F)cc3[nH]c2=O)c(C)n1. The Kier molecular flexibility index (Phi) is 4.57. The molecule has 2 heterocycles. The van der Waals surface area contributed by atoms with Crippen LogP contribution in [0.15, 0.2) is 47.9 Å². The number of allylic oxidation sites excluding steroid dienone is 1. The fourth-order valence-corrected chi connectivity index (χ4v) is 2.64. The Balaban J connectivity index is 1.71. The van der Waals surface area contributed by atoms with Crippen molar-refractivity contribution in [2.75, 3.05) is 0 Å². The minimum Gasteiger partial charge on any atom is -0.322 e. The van der Waals surface area contributed by atoms with Gasteiger partial charge in [0, 0.05) is 30.4 Å². The van der Waals surface area contributed by atoms with Crippen LogP contribution in [0.3, 0.4) is 0 Å². The lowest BCUT2D eigenvalue weighted by molar-refractivity contribution is 0.629. The summed E-state index contributed by atoms with van der Waals surface area (Å²) in [6, 6.07) is 6.16. The van der Waals surface area contributed by atoms with E-state index in [-0.39, 0.29) is 11.4 Å². The van der Waals surface area contributed by atoms with Crippen LogP contribution in [0.1, 0.15) is 16.8 Å². The van der Waals surface area contributed by atoms with Crippen LogP contribution in [0.5, 0.6) is 0 Å². The first-order valence-corrected chi connectivity index (χ1v) is 7.73. The normalized spacial score (nSPS) is 11.1. The maximum atomic E-state index is 13.2. The molecule has 2 aromatic heterocycles. The molecule has 1 aromatic carbocycles. The minimum absolute atomic E-state index is 0.209. The molecule has 6 heteroatoms. The molecule has 0 amide bonds. The van der Waals surface area contributed by atoms with Gasteiger partial charge in [0.1, 0.15) is 5.82 Å². The molecule has 124 valence electrons. The fourth-order valence-electron chi connectivity index (χ4n) is 2.64. The quantitative estimate of drug-likeness (QED) is 0.685. The van der Waals surface area contributed by atoms with Crippen LogP contribution in [0.2, 0.25) is 0 Å². The number of aromatic nitrogens is 3. The van der Waals surface area contributed by atoms with Gasteiger partial charge < -0.3 is 10.3 Å². The average Bonchev–Trinajstić information content (AvgIpc) is 2.88. The number of halogens is 1. The molecule has 0 fully saturated rings. The Bertz CT molecular complexity index is 942. The topological polar surface area (TPSA) is 62.7 Å². The number of hydrogen-bond acceptors (Lipinski definition) is 3. The third-order valence-electron chi connectivity index (χ3n) is 3.88. The highest BCUT2D eigenvalue weighted by molar-refractivity contribution is 5.78. The molecule has 3 aromatic rings. The van der Waals surface area contributed by atoms with E-state index in [9.17, 15) is 9.18 Å². The number of H-pyrrole nitrogens is 1. The van der Waals surface area contributed by atoms with Crippen molar-refractivity contribution < 1.29 is 4.39 Å². The van der Waals surface area contributed by atoms with Gasteiger partial charge in [-0.25, -0.2) is 4.39 Å². The number of nitrogens with zero attached hydrogens (tertiary/aromatic N) is 2. The van der Waals surface area contributed by atoms with Gasteiger partial charge in [-0.2, -0.15) is 5.10 Å². The van der Waals surface area contributed by atoms with Crippen molar-refractivity contribution in [2.45, 2.75) is 26.6 Å². The first kappa shape index (κ1) is 16.1. The van der Waals surface area contributed by atoms with E-state index in [0.717, 1.165) is 16.6 Å². The lowest BCUT2D eigenvalue weighted by Crippen LogP contribution is -2.20. The second kappa shape index (κ2) is 6.80. The lowest BCUT2D eigenvalue weighted by atomic mass is 10.1. The molecule has 5 nitrogen and oxygen atoms in total. The molecular weight excluding hydrogens is 307 g/mol. The highest BCUT2D eigenvalue weighted by atomic mass is 19.1. The second-order valence-corrected chi connectivity index (χ2v) is 5.71. The summed E-state index contributed by atoms with van der Waals surface area (Å²) >= 11 is 0. The molecular formula is C18H19FN4O. The Hall–Kier alpha value is -2.73. The van der Waals surface area contributed by atoms with Crippen LogP contribution < -0.4 is 10.9 Å². The number of benzene rings is 1. The number of hydrogen-bond donors (Lipinski definition) is 2. The van der Waals surface area contributed by atoms with E-state index in [4.69, 9.17) is 0 Å². The summed E-state index contributed by atoms with van der Waals surface area (Å²) in [5, 5.41) is 8.46. The third-order valence-corrected chi connectivity index (χ3v) is 3.88. The van der Waals surface area contributed by atoms with Crippen molar-refractivity contribution in [3.8, 4) is 0 Å². The lowest BCUT2D eigenvalue weighted by Gasteiger charge is -2.05. The molecule has 0 atom stereocenters. The van der Waals surface area contributed by atoms with Crippen LogP contribution >= 0.6 is 0 Å². The zero-order valence-corrected chi connectivity index (χ0v) is 13.5. The molecule has 0 aliphatic carbocycles. The molecule has 24 heavy (non-hydrogen) atoms. The van der Waals surface area contributed by atoms with Crippen LogP contribution in [0.25, 0.3) is 10.9 Å². The molecule has 0 radical (unpaired) electrons. The minimum atomic E-state index is -0.365. The molecule has 3 rings (SSSR count). The van der Waals surface area contributed by atoms with Crippen LogP contribution in [-0.4, -0.2) is 14.8 Å². The summed E-state index contributed by atoms with van der Waals surface area (Å²) in [6.45, 7) is 7.36. The number of nitrogens with one attached hydrogen (secondary N) is 2. The third kappa shape index (κ3) is 3.44. The Labute approximate surface area is 138 Å². The van der Waals surface area contributed by atoms with Gasteiger partial charge >= 0.3 is 0 Å².